The lowest BCUT2D eigenvalue weighted by Gasteiger charge is -2.14. The summed E-state index contributed by atoms with van der Waals surface area (Å²) < 4.78 is 5.03. The van der Waals surface area contributed by atoms with Gasteiger partial charge in [-0.1, -0.05) is 12.1 Å². The van der Waals surface area contributed by atoms with Crippen LogP contribution in [0.2, 0.25) is 0 Å². The molecular formula is C11H13ClN4O. The van der Waals surface area contributed by atoms with Gasteiger partial charge in [0, 0.05) is 13.0 Å². The summed E-state index contributed by atoms with van der Waals surface area (Å²) in [6.07, 6.45) is 0. The van der Waals surface area contributed by atoms with E-state index in [1.165, 1.54) is 0 Å². The Balaban J connectivity index is 2.18. The molecule has 1 heterocycles. The van der Waals surface area contributed by atoms with Crippen molar-refractivity contribution in [1.29, 1.82) is 0 Å². The van der Waals surface area contributed by atoms with Crippen LogP contribution in [0.4, 0.5) is 5.95 Å². The summed E-state index contributed by atoms with van der Waals surface area (Å²) in [6, 6.07) is 7.55. The highest BCUT2D eigenvalue weighted by Crippen LogP contribution is 2.09. The number of fused-ring (bicyclic) bond motifs is 1. The van der Waals surface area contributed by atoms with Gasteiger partial charge < -0.3 is 10.1 Å². The molecule has 1 aromatic heterocycles. The van der Waals surface area contributed by atoms with Crippen LogP contribution in [0.1, 0.15) is 0 Å². The van der Waals surface area contributed by atoms with Gasteiger partial charge in [-0.05, 0) is 12.1 Å². The Bertz CT molecular complexity index is 494. The Morgan fingerprint density at radius 3 is 2.76 bits per heavy atom. The molecule has 90 valence electrons. The minimum absolute atomic E-state index is 0.0235. The second-order valence-electron chi connectivity index (χ2n) is 3.58. The van der Waals surface area contributed by atoms with E-state index in [1.54, 1.807) is 7.11 Å². The largest absolute Gasteiger partial charge is 0.383 e. The van der Waals surface area contributed by atoms with E-state index in [0.717, 1.165) is 11.0 Å². The Labute approximate surface area is 104 Å². The molecule has 2 aromatic rings. The summed E-state index contributed by atoms with van der Waals surface area (Å²) in [5.74, 6) is 0.885. The number of anilines is 1. The van der Waals surface area contributed by atoms with Crippen molar-refractivity contribution in [3.05, 3.63) is 24.3 Å². The van der Waals surface area contributed by atoms with Crippen LogP contribution in [0, 0.1) is 0 Å². The third-order valence-corrected chi connectivity index (χ3v) is 2.62. The number of alkyl halides is 1. The van der Waals surface area contributed by atoms with Crippen molar-refractivity contribution in [1.82, 2.24) is 15.2 Å². The van der Waals surface area contributed by atoms with Gasteiger partial charge >= 0.3 is 0 Å². The van der Waals surface area contributed by atoms with Gasteiger partial charge in [-0.15, -0.1) is 21.8 Å². The maximum atomic E-state index is 5.80. The molecule has 0 aliphatic heterocycles. The molecule has 1 N–H and O–H groups in total. The lowest BCUT2D eigenvalue weighted by molar-refractivity contribution is 0.191. The van der Waals surface area contributed by atoms with E-state index in [9.17, 15) is 0 Å². The molecule has 0 radical (unpaired) electrons. The highest BCUT2D eigenvalue weighted by molar-refractivity contribution is 6.18. The fourth-order valence-electron chi connectivity index (χ4n) is 1.45. The maximum Gasteiger partial charge on any atom is 0.243 e. The minimum Gasteiger partial charge on any atom is -0.383 e. The predicted molar refractivity (Wildman–Crippen MR) is 67.3 cm³/mol. The quantitative estimate of drug-likeness (QED) is 0.821. The van der Waals surface area contributed by atoms with Crippen molar-refractivity contribution in [3.63, 3.8) is 0 Å². The van der Waals surface area contributed by atoms with Gasteiger partial charge in [0.15, 0.2) is 0 Å². The van der Waals surface area contributed by atoms with Gasteiger partial charge in [0.1, 0.15) is 5.52 Å². The SMILES string of the molecule is COCC(CCl)Nc1nnc2ccccc2n1. The zero-order chi connectivity index (χ0) is 12.1. The first-order chi connectivity index (χ1) is 8.33. The lowest BCUT2D eigenvalue weighted by Crippen LogP contribution is -2.27. The van der Waals surface area contributed by atoms with E-state index in [0.29, 0.717) is 18.4 Å². The van der Waals surface area contributed by atoms with Gasteiger partial charge in [0.25, 0.3) is 0 Å². The van der Waals surface area contributed by atoms with Crippen LogP contribution in [0.15, 0.2) is 24.3 Å². The number of ether oxygens (including phenoxy) is 1. The Morgan fingerprint density at radius 1 is 1.29 bits per heavy atom. The first-order valence-electron chi connectivity index (χ1n) is 5.24. The van der Waals surface area contributed by atoms with E-state index in [1.807, 2.05) is 24.3 Å². The zero-order valence-electron chi connectivity index (χ0n) is 9.43. The normalized spacial score (nSPS) is 12.6. The molecule has 17 heavy (non-hydrogen) atoms. The van der Waals surface area contributed by atoms with E-state index in [4.69, 9.17) is 16.3 Å². The number of aromatic nitrogens is 3. The molecule has 0 saturated carbocycles. The minimum atomic E-state index is -0.0235. The van der Waals surface area contributed by atoms with E-state index in [-0.39, 0.29) is 6.04 Å². The maximum absolute atomic E-state index is 5.80. The molecule has 0 aliphatic rings. The molecular weight excluding hydrogens is 240 g/mol. The summed E-state index contributed by atoms with van der Waals surface area (Å²) in [6.45, 7) is 0.500. The highest BCUT2D eigenvalue weighted by Gasteiger charge is 2.09. The van der Waals surface area contributed by atoms with Crippen LogP contribution in [-0.2, 0) is 4.74 Å². The third-order valence-electron chi connectivity index (χ3n) is 2.25. The van der Waals surface area contributed by atoms with E-state index >= 15 is 0 Å². The molecule has 2 rings (SSSR count). The van der Waals surface area contributed by atoms with Crippen molar-refractivity contribution < 1.29 is 4.74 Å². The van der Waals surface area contributed by atoms with Crippen LogP contribution in [0.25, 0.3) is 11.0 Å². The number of nitrogens with one attached hydrogen (secondary N) is 1. The molecule has 6 heteroatoms. The number of hydrogen-bond donors (Lipinski definition) is 1. The molecule has 0 fully saturated rings. The molecule has 5 nitrogen and oxygen atoms in total. The number of nitrogens with zero attached hydrogens (tertiary/aromatic N) is 3. The van der Waals surface area contributed by atoms with Crippen molar-refractivity contribution in [2.24, 2.45) is 0 Å². The highest BCUT2D eigenvalue weighted by atomic mass is 35.5. The average molecular weight is 253 g/mol. The Hall–Kier alpha value is -1.46. The molecule has 1 atom stereocenters. The van der Waals surface area contributed by atoms with Gasteiger partial charge in [-0.3, -0.25) is 0 Å². The van der Waals surface area contributed by atoms with E-state index < -0.39 is 0 Å². The number of methoxy groups -OCH3 is 1. The zero-order valence-corrected chi connectivity index (χ0v) is 10.2. The van der Waals surface area contributed by atoms with Crippen LogP contribution in [-0.4, -0.2) is 40.8 Å². The second kappa shape index (κ2) is 5.75. The summed E-state index contributed by atoms with van der Waals surface area (Å²) in [7, 11) is 1.63. The number of benzene rings is 1. The van der Waals surface area contributed by atoms with Crippen LogP contribution in [0.3, 0.4) is 0 Å². The van der Waals surface area contributed by atoms with Crippen molar-refractivity contribution in [2.75, 3.05) is 24.9 Å². The number of rotatable bonds is 5. The molecule has 1 aromatic carbocycles. The van der Waals surface area contributed by atoms with Crippen LogP contribution >= 0.6 is 11.6 Å². The Kier molecular flexibility index (Phi) is 4.06. The van der Waals surface area contributed by atoms with Gasteiger partial charge in [0.05, 0.1) is 18.2 Å². The van der Waals surface area contributed by atoms with Crippen LogP contribution < -0.4 is 5.32 Å². The molecule has 0 saturated heterocycles. The van der Waals surface area contributed by atoms with Crippen molar-refractivity contribution in [3.8, 4) is 0 Å². The van der Waals surface area contributed by atoms with Crippen LogP contribution in [0.5, 0.6) is 0 Å². The third kappa shape index (κ3) is 3.01. The predicted octanol–water partition coefficient (Wildman–Crippen LogP) is 1.69. The smallest absolute Gasteiger partial charge is 0.243 e. The summed E-state index contributed by atoms with van der Waals surface area (Å²) in [4.78, 5) is 4.35. The van der Waals surface area contributed by atoms with E-state index in [2.05, 4.69) is 20.5 Å². The first kappa shape index (κ1) is 12.0. The monoisotopic (exact) mass is 252 g/mol. The summed E-state index contributed by atoms with van der Waals surface area (Å²) in [5, 5.41) is 11.1. The molecule has 0 aliphatic carbocycles. The number of halogens is 1. The first-order valence-corrected chi connectivity index (χ1v) is 5.78. The van der Waals surface area contributed by atoms with Gasteiger partial charge in [0.2, 0.25) is 5.95 Å². The number of para-hydroxylation sites is 1. The fourth-order valence-corrected chi connectivity index (χ4v) is 1.62. The molecule has 0 spiro atoms. The fraction of sp³-hybridized carbons (Fsp3) is 0.364. The van der Waals surface area contributed by atoms with Crippen molar-refractivity contribution in [2.45, 2.75) is 6.04 Å². The van der Waals surface area contributed by atoms with Crippen molar-refractivity contribution >= 4 is 28.6 Å². The Morgan fingerprint density at radius 2 is 2.06 bits per heavy atom. The lowest BCUT2D eigenvalue weighted by atomic mass is 10.3. The summed E-state index contributed by atoms with van der Waals surface area (Å²) in [5.41, 5.74) is 1.57. The molecule has 1 unspecified atom stereocenters. The molecule has 0 bridgehead atoms. The average Bonchev–Trinajstić information content (AvgIpc) is 2.38. The number of hydrogen-bond acceptors (Lipinski definition) is 5. The topological polar surface area (TPSA) is 59.9 Å². The van der Waals surface area contributed by atoms with Gasteiger partial charge in [-0.25, -0.2) is 4.98 Å². The van der Waals surface area contributed by atoms with Gasteiger partial charge in [-0.2, -0.15) is 0 Å². The summed E-state index contributed by atoms with van der Waals surface area (Å²) >= 11 is 5.80. The second-order valence-corrected chi connectivity index (χ2v) is 3.88. The molecule has 0 amide bonds. The standard InChI is InChI=1S/C11H13ClN4O/c1-17-7-8(6-12)13-11-14-9-4-2-3-5-10(9)15-16-11/h2-5,8H,6-7H2,1H3,(H,13,14,16).